The molecular formula is C48H29NOS2. The highest BCUT2D eigenvalue weighted by Crippen LogP contribution is 2.47. The van der Waals surface area contributed by atoms with Gasteiger partial charge in [-0.3, -0.25) is 0 Å². The molecule has 0 saturated carbocycles. The number of hydrogen-bond acceptors (Lipinski definition) is 4. The molecule has 0 bridgehead atoms. The van der Waals surface area contributed by atoms with E-state index in [0.29, 0.717) is 0 Å². The molecule has 0 atom stereocenters. The topological polar surface area (TPSA) is 16.4 Å². The Kier molecular flexibility index (Phi) is 6.63. The molecule has 0 fully saturated rings. The lowest BCUT2D eigenvalue weighted by molar-refractivity contribution is 0.670. The highest BCUT2D eigenvalue weighted by molar-refractivity contribution is 7.26. The molecule has 0 aliphatic heterocycles. The van der Waals surface area contributed by atoms with Crippen molar-refractivity contribution in [3.05, 3.63) is 176 Å². The Morgan fingerprint density at radius 1 is 0.365 bits per heavy atom. The average molecular weight is 700 g/mol. The Bertz CT molecular complexity index is 3130. The summed E-state index contributed by atoms with van der Waals surface area (Å²) in [6, 6.07) is 63.5. The zero-order valence-corrected chi connectivity index (χ0v) is 29.5. The van der Waals surface area contributed by atoms with Gasteiger partial charge < -0.3 is 9.32 Å². The largest absolute Gasteiger partial charge is 0.453 e. The summed E-state index contributed by atoms with van der Waals surface area (Å²) < 4.78 is 12.2. The maximum Gasteiger partial charge on any atom is 0.159 e. The van der Waals surface area contributed by atoms with Crippen molar-refractivity contribution in [1.82, 2.24) is 0 Å². The molecule has 8 aromatic carbocycles. The van der Waals surface area contributed by atoms with Crippen molar-refractivity contribution in [2.75, 3.05) is 4.90 Å². The molecule has 0 unspecified atom stereocenters. The van der Waals surface area contributed by atoms with E-state index in [2.05, 4.69) is 181 Å². The highest BCUT2D eigenvalue weighted by Gasteiger charge is 2.22. The van der Waals surface area contributed by atoms with Gasteiger partial charge >= 0.3 is 0 Å². The van der Waals surface area contributed by atoms with Gasteiger partial charge in [-0.15, -0.1) is 22.7 Å². The second-order valence-electron chi connectivity index (χ2n) is 13.2. The van der Waals surface area contributed by atoms with Crippen LogP contribution in [0.1, 0.15) is 0 Å². The third-order valence-electron chi connectivity index (χ3n) is 10.3. The van der Waals surface area contributed by atoms with E-state index in [-0.39, 0.29) is 0 Å². The molecule has 3 aromatic heterocycles. The van der Waals surface area contributed by atoms with Crippen LogP contribution in [0.15, 0.2) is 180 Å². The predicted octanol–water partition coefficient (Wildman–Crippen LogP) is 15.1. The van der Waals surface area contributed by atoms with Gasteiger partial charge in [-0.25, -0.2) is 0 Å². The van der Waals surface area contributed by atoms with Crippen LogP contribution in [0.2, 0.25) is 0 Å². The van der Waals surface area contributed by atoms with Crippen LogP contribution < -0.4 is 4.90 Å². The number of thiophene rings is 2. The highest BCUT2D eigenvalue weighted by atomic mass is 32.1. The summed E-state index contributed by atoms with van der Waals surface area (Å²) in [5.74, 6) is 0. The first kappa shape index (κ1) is 29.5. The van der Waals surface area contributed by atoms with E-state index in [1.807, 2.05) is 22.7 Å². The first-order valence-corrected chi connectivity index (χ1v) is 19.1. The minimum atomic E-state index is 0.871. The molecule has 0 N–H and O–H groups in total. The van der Waals surface area contributed by atoms with Crippen LogP contribution in [0, 0.1) is 0 Å². The number of benzene rings is 8. The van der Waals surface area contributed by atoms with Gasteiger partial charge in [-0.1, -0.05) is 127 Å². The summed E-state index contributed by atoms with van der Waals surface area (Å²) in [5.41, 5.74) is 9.64. The number of para-hydroxylation sites is 2. The molecule has 11 rings (SSSR count). The fraction of sp³-hybridized carbons (Fsp3) is 0. The third-order valence-corrected chi connectivity index (χ3v) is 12.6. The lowest BCUT2D eigenvalue weighted by Crippen LogP contribution is -2.10. The number of fused-ring (bicyclic) bond motifs is 9. The average Bonchev–Trinajstić information content (AvgIpc) is 3.90. The van der Waals surface area contributed by atoms with Crippen LogP contribution in [0.4, 0.5) is 17.1 Å². The molecule has 0 spiro atoms. The second-order valence-corrected chi connectivity index (χ2v) is 15.4. The van der Waals surface area contributed by atoms with Crippen LogP contribution in [0.3, 0.4) is 0 Å². The van der Waals surface area contributed by atoms with Crippen LogP contribution in [0.25, 0.3) is 84.5 Å². The minimum absolute atomic E-state index is 0.871. The molecule has 0 saturated heterocycles. The lowest BCUT2D eigenvalue weighted by Gasteiger charge is -2.26. The molecular weight excluding hydrogens is 671 g/mol. The summed E-state index contributed by atoms with van der Waals surface area (Å²) in [6.45, 7) is 0. The molecule has 0 aliphatic rings. The summed E-state index contributed by atoms with van der Waals surface area (Å²) in [4.78, 5) is 2.36. The van der Waals surface area contributed by atoms with Gasteiger partial charge in [0.1, 0.15) is 5.58 Å². The fourth-order valence-corrected chi connectivity index (χ4v) is 10.2. The van der Waals surface area contributed by atoms with Crippen molar-refractivity contribution in [2.45, 2.75) is 0 Å². The Balaban J connectivity index is 1.12. The standard InChI is InChI=1S/C48H29NOS2/c1-2-11-30(12-3-1)35-16-8-17-38-39-18-9-19-41(48(39)50-47(35)38)49(33-27-28-37-36-13-4-6-20-42(36)52-45(37)29-33)32-25-23-31(24-26-32)34-15-10-22-44-46(34)40-14-5-7-21-43(40)51-44/h1-29H. The van der Waals surface area contributed by atoms with Gasteiger partial charge in [0.15, 0.2) is 5.58 Å². The molecule has 3 heterocycles. The predicted molar refractivity (Wildman–Crippen MR) is 225 cm³/mol. The number of furan rings is 1. The summed E-state index contributed by atoms with van der Waals surface area (Å²) in [5, 5.41) is 7.43. The quantitative estimate of drug-likeness (QED) is 0.178. The molecule has 52 heavy (non-hydrogen) atoms. The summed E-state index contributed by atoms with van der Waals surface area (Å²) >= 11 is 3.70. The number of hydrogen-bond donors (Lipinski definition) is 0. The normalized spacial score (nSPS) is 11.8. The van der Waals surface area contributed by atoms with Crippen LogP contribution in [-0.4, -0.2) is 0 Å². The molecule has 4 heteroatoms. The van der Waals surface area contributed by atoms with E-state index in [0.717, 1.165) is 50.1 Å². The first-order chi connectivity index (χ1) is 25.8. The van der Waals surface area contributed by atoms with Crippen molar-refractivity contribution in [3.63, 3.8) is 0 Å². The van der Waals surface area contributed by atoms with Crippen molar-refractivity contribution >= 4 is 102 Å². The van der Waals surface area contributed by atoms with Crippen LogP contribution >= 0.6 is 22.7 Å². The van der Waals surface area contributed by atoms with Gasteiger partial charge in [-0.2, -0.15) is 0 Å². The zero-order chi connectivity index (χ0) is 34.2. The van der Waals surface area contributed by atoms with Crippen LogP contribution in [0.5, 0.6) is 0 Å². The SMILES string of the molecule is c1ccc(-c2cccc3c2oc2c(N(c4ccc(-c5cccc6sc7ccccc7c56)cc4)c4ccc5c(c4)sc4ccccc45)cccc23)cc1. The maximum atomic E-state index is 6.96. The number of rotatable bonds is 5. The molecule has 0 amide bonds. The van der Waals surface area contributed by atoms with Crippen LogP contribution in [-0.2, 0) is 0 Å². The molecule has 2 nitrogen and oxygen atoms in total. The molecule has 11 aromatic rings. The number of anilines is 3. The Labute approximate surface area is 308 Å². The van der Waals surface area contributed by atoms with Crippen molar-refractivity contribution < 1.29 is 4.42 Å². The van der Waals surface area contributed by atoms with Gasteiger partial charge in [0.25, 0.3) is 0 Å². The zero-order valence-electron chi connectivity index (χ0n) is 27.9. The molecule has 0 aliphatic carbocycles. The second kappa shape index (κ2) is 11.7. The fourth-order valence-electron chi connectivity index (χ4n) is 7.91. The maximum absolute atomic E-state index is 6.96. The summed E-state index contributed by atoms with van der Waals surface area (Å²) in [6.07, 6.45) is 0. The number of nitrogens with zero attached hydrogens (tertiary/aromatic N) is 1. The van der Waals surface area contributed by atoms with Gasteiger partial charge in [0, 0.05) is 68.1 Å². The van der Waals surface area contributed by atoms with Gasteiger partial charge in [0.05, 0.1) is 5.69 Å². The minimum Gasteiger partial charge on any atom is -0.453 e. The third kappa shape index (κ3) is 4.55. The monoisotopic (exact) mass is 699 g/mol. The Morgan fingerprint density at radius 2 is 0.942 bits per heavy atom. The van der Waals surface area contributed by atoms with Gasteiger partial charge in [0.2, 0.25) is 0 Å². The van der Waals surface area contributed by atoms with E-state index in [4.69, 9.17) is 4.42 Å². The molecule has 244 valence electrons. The van der Waals surface area contributed by atoms with Crippen molar-refractivity contribution in [3.8, 4) is 22.3 Å². The summed E-state index contributed by atoms with van der Waals surface area (Å²) in [7, 11) is 0. The van der Waals surface area contributed by atoms with E-state index in [1.165, 1.54) is 51.5 Å². The smallest absolute Gasteiger partial charge is 0.159 e. The lowest BCUT2D eigenvalue weighted by atomic mass is 9.99. The van der Waals surface area contributed by atoms with Gasteiger partial charge in [-0.05, 0) is 65.2 Å². The van der Waals surface area contributed by atoms with E-state index < -0.39 is 0 Å². The van der Waals surface area contributed by atoms with Crippen molar-refractivity contribution in [1.29, 1.82) is 0 Å². The van der Waals surface area contributed by atoms with E-state index in [1.54, 1.807) is 0 Å². The van der Waals surface area contributed by atoms with E-state index in [9.17, 15) is 0 Å². The first-order valence-electron chi connectivity index (χ1n) is 17.5. The Hall–Kier alpha value is -6.20. The molecule has 0 radical (unpaired) electrons. The van der Waals surface area contributed by atoms with Crippen molar-refractivity contribution in [2.24, 2.45) is 0 Å². The van der Waals surface area contributed by atoms with E-state index >= 15 is 0 Å². The Morgan fingerprint density at radius 3 is 1.79 bits per heavy atom.